The lowest BCUT2D eigenvalue weighted by atomic mass is 10.2. The molecule has 1 heterocycles. The van der Waals surface area contributed by atoms with E-state index in [9.17, 15) is 18.4 Å². The minimum Gasteiger partial charge on any atom is -0.454 e. The highest BCUT2D eigenvalue weighted by Crippen LogP contribution is 2.34. The highest BCUT2D eigenvalue weighted by atomic mass is 35.5. The zero-order valence-corrected chi connectivity index (χ0v) is 14.1. The molecule has 0 aliphatic carbocycles. The second-order valence-corrected chi connectivity index (χ2v) is 5.76. The third-order valence-corrected chi connectivity index (χ3v) is 3.84. The molecule has 0 unspecified atom stereocenters. The summed E-state index contributed by atoms with van der Waals surface area (Å²) in [7, 11) is 0. The van der Waals surface area contributed by atoms with Gasteiger partial charge in [-0.2, -0.15) is 0 Å². The van der Waals surface area contributed by atoms with Gasteiger partial charge in [-0.05, 0) is 31.2 Å². The Morgan fingerprint density at radius 1 is 1.15 bits per heavy atom. The molecule has 0 saturated carbocycles. The summed E-state index contributed by atoms with van der Waals surface area (Å²) in [5, 5.41) is 2.22. The molecule has 1 amide bonds. The largest absolute Gasteiger partial charge is 0.454 e. The van der Waals surface area contributed by atoms with Crippen molar-refractivity contribution in [3.8, 4) is 11.5 Å². The van der Waals surface area contributed by atoms with E-state index in [1.807, 2.05) is 0 Å². The van der Waals surface area contributed by atoms with Gasteiger partial charge in [-0.15, -0.1) is 0 Å². The van der Waals surface area contributed by atoms with Crippen molar-refractivity contribution in [3.05, 3.63) is 52.6 Å². The first-order valence-electron chi connectivity index (χ1n) is 7.41. The van der Waals surface area contributed by atoms with E-state index in [4.69, 9.17) is 25.8 Å². The zero-order chi connectivity index (χ0) is 18.8. The van der Waals surface area contributed by atoms with Crippen LogP contribution < -0.4 is 14.8 Å². The predicted molar refractivity (Wildman–Crippen MR) is 87.4 cm³/mol. The van der Waals surface area contributed by atoms with Crippen LogP contribution in [0.25, 0.3) is 0 Å². The number of hydrogen-bond donors (Lipinski definition) is 1. The number of carbonyl (C=O) groups excluding carboxylic acids is 2. The van der Waals surface area contributed by atoms with E-state index in [0.717, 1.165) is 0 Å². The average Bonchev–Trinajstić information content (AvgIpc) is 3.05. The highest BCUT2D eigenvalue weighted by molar-refractivity contribution is 6.33. The second-order valence-electron chi connectivity index (χ2n) is 5.35. The number of nitrogens with one attached hydrogen (secondary N) is 1. The number of fused-ring (bicyclic) bond motifs is 1. The van der Waals surface area contributed by atoms with Crippen molar-refractivity contribution in [2.45, 2.75) is 13.0 Å². The minimum absolute atomic E-state index is 0.0930. The van der Waals surface area contributed by atoms with Crippen LogP contribution in [0.2, 0.25) is 5.02 Å². The third-order valence-electron chi connectivity index (χ3n) is 3.52. The lowest BCUT2D eigenvalue weighted by molar-refractivity contribution is -0.123. The fourth-order valence-corrected chi connectivity index (χ4v) is 2.40. The highest BCUT2D eigenvalue weighted by Gasteiger charge is 2.23. The van der Waals surface area contributed by atoms with Crippen molar-refractivity contribution in [3.63, 3.8) is 0 Å². The Morgan fingerprint density at radius 2 is 1.85 bits per heavy atom. The van der Waals surface area contributed by atoms with Gasteiger partial charge in [0.2, 0.25) is 6.79 Å². The molecule has 0 bridgehead atoms. The third kappa shape index (κ3) is 3.70. The summed E-state index contributed by atoms with van der Waals surface area (Å²) in [5.41, 5.74) is 0.0290. The Kier molecular flexibility index (Phi) is 4.94. The summed E-state index contributed by atoms with van der Waals surface area (Å²) in [6.07, 6.45) is -1.21. The van der Waals surface area contributed by atoms with Gasteiger partial charge in [-0.25, -0.2) is 13.6 Å². The summed E-state index contributed by atoms with van der Waals surface area (Å²) in [5.74, 6) is -3.10. The van der Waals surface area contributed by atoms with Crippen LogP contribution in [0.4, 0.5) is 14.5 Å². The first kappa shape index (κ1) is 17.9. The summed E-state index contributed by atoms with van der Waals surface area (Å²) in [6, 6.07) is 6.04. The quantitative estimate of drug-likeness (QED) is 0.646. The summed E-state index contributed by atoms with van der Waals surface area (Å²) in [4.78, 5) is 24.2. The normalized spacial score (nSPS) is 13.2. The molecule has 0 fully saturated rings. The van der Waals surface area contributed by atoms with Crippen LogP contribution in [0.15, 0.2) is 30.3 Å². The molecule has 0 spiro atoms. The van der Waals surface area contributed by atoms with E-state index >= 15 is 0 Å². The molecule has 2 aromatic carbocycles. The van der Waals surface area contributed by atoms with Crippen LogP contribution in [0, 0.1) is 11.6 Å². The Bertz CT molecular complexity index is 890. The van der Waals surface area contributed by atoms with Gasteiger partial charge in [0.05, 0.1) is 10.6 Å². The number of esters is 1. The lowest BCUT2D eigenvalue weighted by Gasteiger charge is -2.14. The maximum atomic E-state index is 13.3. The topological polar surface area (TPSA) is 73.9 Å². The van der Waals surface area contributed by atoms with Gasteiger partial charge in [-0.1, -0.05) is 11.6 Å². The van der Waals surface area contributed by atoms with Crippen molar-refractivity contribution in [1.29, 1.82) is 0 Å². The maximum absolute atomic E-state index is 13.3. The van der Waals surface area contributed by atoms with Crippen molar-refractivity contribution in [2.24, 2.45) is 0 Å². The lowest BCUT2D eigenvalue weighted by Crippen LogP contribution is -2.30. The number of anilines is 1. The van der Waals surface area contributed by atoms with E-state index in [1.165, 1.54) is 6.92 Å². The van der Waals surface area contributed by atoms with Crippen LogP contribution >= 0.6 is 11.6 Å². The van der Waals surface area contributed by atoms with Crippen LogP contribution in [-0.4, -0.2) is 24.8 Å². The molecule has 26 heavy (non-hydrogen) atoms. The molecule has 1 aliphatic rings. The summed E-state index contributed by atoms with van der Waals surface area (Å²) in [6.45, 7) is 1.42. The van der Waals surface area contributed by atoms with Gasteiger partial charge in [0, 0.05) is 11.8 Å². The fourth-order valence-electron chi connectivity index (χ4n) is 2.17. The Morgan fingerprint density at radius 3 is 2.62 bits per heavy atom. The number of rotatable bonds is 4. The van der Waals surface area contributed by atoms with Crippen LogP contribution in [0.1, 0.15) is 17.3 Å². The van der Waals surface area contributed by atoms with Gasteiger partial charge < -0.3 is 19.5 Å². The van der Waals surface area contributed by atoms with E-state index in [-0.39, 0.29) is 17.4 Å². The summed E-state index contributed by atoms with van der Waals surface area (Å²) >= 11 is 5.71. The number of ether oxygens (including phenoxy) is 3. The molecular weight excluding hydrogens is 372 g/mol. The molecule has 6 nitrogen and oxygen atoms in total. The van der Waals surface area contributed by atoms with Gasteiger partial charge in [0.15, 0.2) is 29.2 Å². The van der Waals surface area contributed by atoms with E-state index < -0.39 is 29.6 Å². The Balaban J connectivity index is 1.65. The molecule has 0 radical (unpaired) electrons. The molecule has 3 rings (SSSR count). The first-order valence-corrected chi connectivity index (χ1v) is 7.79. The Hall–Kier alpha value is -2.87. The number of halogens is 3. The van der Waals surface area contributed by atoms with Crippen molar-refractivity contribution in [1.82, 2.24) is 0 Å². The standard InChI is InChI=1S/C17H12ClF2NO5/c1-8(26-17(23)10-5-12(19)13(20)6-11(10)18)16(22)21-9-2-3-14-15(4-9)25-7-24-14/h2-6,8H,7H2,1H3,(H,21,22)/t8-/m0/s1. The van der Waals surface area contributed by atoms with Gasteiger partial charge in [0.25, 0.3) is 5.91 Å². The number of carbonyl (C=O) groups is 2. The van der Waals surface area contributed by atoms with Gasteiger partial charge >= 0.3 is 5.97 Å². The summed E-state index contributed by atoms with van der Waals surface area (Å²) < 4.78 is 41.6. The molecule has 9 heteroatoms. The molecule has 1 aliphatic heterocycles. The van der Waals surface area contributed by atoms with Crippen molar-refractivity contribution in [2.75, 3.05) is 12.1 Å². The van der Waals surface area contributed by atoms with Gasteiger partial charge in [-0.3, -0.25) is 4.79 Å². The number of benzene rings is 2. The molecule has 1 atom stereocenters. The molecule has 1 N–H and O–H groups in total. The zero-order valence-electron chi connectivity index (χ0n) is 13.3. The number of hydrogen-bond acceptors (Lipinski definition) is 5. The monoisotopic (exact) mass is 383 g/mol. The Labute approximate surface area is 151 Å². The van der Waals surface area contributed by atoms with Crippen molar-refractivity contribution >= 4 is 29.2 Å². The average molecular weight is 384 g/mol. The van der Waals surface area contributed by atoms with Crippen LogP contribution in [0.5, 0.6) is 11.5 Å². The SMILES string of the molecule is C[C@H](OC(=O)c1cc(F)c(F)cc1Cl)C(=O)Nc1ccc2c(c1)OCO2. The molecule has 136 valence electrons. The predicted octanol–water partition coefficient (Wildman–Crippen LogP) is 3.53. The van der Waals surface area contributed by atoms with E-state index in [0.29, 0.717) is 29.3 Å². The van der Waals surface area contributed by atoms with E-state index in [2.05, 4.69) is 5.32 Å². The minimum atomic E-state index is -1.25. The smallest absolute Gasteiger partial charge is 0.340 e. The van der Waals surface area contributed by atoms with Crippen LogP contribution in [0.3, 0.4) is 0 Å². The van der Waals surface area contributed by atoms with Crippen LogP contribution in [-0.2, 0) is 9.53 Å². The molecule has 0 saturated heterocycles. The molecule has 2 aromatic rings. The van der Waals surface area contributed by atoms with E-state index in [1.54, 1.807) is 18.2 Å². The van der Waals surface area contributed by atoms with Crippen molar-refractivity contribution < 1.29 is 32.6 Å². The molecule has 0 aromatic heterocycles. The van der Waals surface area contributed by atoms with Gasteiger partial charge in [0.1, 0.15) is 0 Å². The second kappa shape index (κ2) is 7.17. The maximum Gasteiger partial charge on any atom is 0.340 e. The fraction of sp³-hybridized carbons (Fsp3) is 0.176. The molecular formula is C17H12ClF2NO5. The first-order chi connectivity index (χ1) is 12.3. The number of amides is 1.